The molecule has 0 aliphatic carbocycles. The van der Waals surface area contributed by atoms with Crippen LogP contribution in [0.15, 0.2) is 75.9 Å². The fourth-order valence-corrected chi connectivity index (χ4v) is 4.72. The summed E-state index contributed by atoms with van der Waals surface area (Å²) in [5.74, 6) is -3.71. The molecule has 1 unspecified atom stereocenters. The standard InChI is InChI=1S/C28H20ClF3N2O5/c1-15(33-22-9-5-4-8-19(22)26(36)39-27(37)28(30,31)32)20-10-18(29)11-21-23(35)12-24(38-25(20)21)34-13-16-6-2-3-7-17(16)14-34/h2-12,15,33H,13-14H2,1H3. The van der Waals surface area contributed by atoms with Gasteiger partial charge in [0.25, 0.3) is 0 Å². The first-order chi connectivity index (χ1) is 18.5. The predicted molar refractivity (Wildman–Crippen MR) is 139 cm³/mol. The van der Waals surface area contributed by atoms with Crippen LogP contribution in [0, 0.1) is 0 Å². The summed E-state index contributed by atoms with van der Waals surface area (Å²) in [5.41, 5.74) is 2.51. The van der Waals surface area contributed by atoms with Crippen LogP contribution >= 0.6 is 11.6 Å². The number of benzene rings is 3. The first kappa shape index (κ1) is 26.3. The quantitative estimate of drug-likeness (QED) is 0.225. The number of anilines is 2. The number of carbonyl (C=O) groups excluding carboxylic acids is 2. The molecule has 0 saturated heterocycles. The number of hydrogen-bond donors (Lipinski definition) is 1. The first-order valence-electron chi connectivity index (χ1n) is 11.8. The number of ether oxygens (including phenoxy) is 1. The van der Waals surface area contributed by atoms with E-state index in [1.165, 1.54) is 30.3 Å². The van der Waals surface area contributed by atoms with Gasteiger partial charge in [-0.05, 0) is 42.3 Å². The smallest absolute Gasteiger partial charge is 0.440 e. The second-order valence-electron chi connectivity index (χ2n) is 9.03. The molecular weight excluding hydrogens is 537 g/mol. The molecule has 2 heterocycles. The Hall–Kier alpha value is -4.31. The summed E-state index contributed by atoms with van der Waals surface area (Å²) < 4.78 is 48.1. The molecule has 0 spiro atoms. The van der Waals surface area contributed by atoms with Crippen molar-refractivity contribution in [3.8, 4) is 0 Å². The fourth-order valence-electron chi connectivity index (χ4n) is 4.50. The summed E-state index contributed by atoms with van der Waals surface area (Å²) >= 11 is 6.32. The molecule has 0 fully saturated rings. The number of hydrogen-bond acceptors (Lipinski definition) is 7. The normalized spacial score (nSPS) is 13.7. The number of para-hydroxylation sites is 1. The van der Waals surface area contributed by atoms with Crippen molar-refractivity contribution in [3.05, 3.63) is 104 Å². The molecule has 1 aliphatic heterocycles. The average Bonchev–Trinajstić information content (AvgIpc) is 3.33. The minimum Gasteiger partial charge on any atom is -0.440 e. The Labute approximate surface area is 224 Å². The lowest BCUT2D eigenvalue weighted by Gasteiger charge is -2.21. The molecule has 0 saturated carbocycles. The third-order valence-corrected chi connectivity index (χ3v) is 6.58. The van der Waals surface area contributed by atoms with E-state index in [1.807, 2.05) is 29.2 Å². The zero-order valence-electron chi connectivity index (χ0n) is 20.3. The van der Waals surface area contributed by atoms with Crippen LogP contribution in [0.25, 0.3) is 11.0 Å². The fraction of sp³-hybridized carbons (Fsp3) is 0.179. The van der Waals surface area contributed by atoms with Crippen molar-refractivity contribution in [3.63, 3.8) is 0 Å². The molecule has 0 bridgehead atoms. The maximum absolute atomic E-state index is 13.1. The number of alkyl halides is 3. The van der Waals surface area contributed by atoms with Gasteiger partial charge in [-0.3, -0.25) is 4.79 Å². The van der Waals surface area contributed by atoms with E-state index >= 15 is 0 Å². The lowest BCUT2D eigenvalue weighted by atomic mass is 10.0. The Kier molecular flexibility index (Phi) is 6.82. The van der Waals surface area contributed by atoms with E-state index in [0.717, 1.165) is 11.1 Å². The monoisotopic (exact) mass is 556 g/mol. The molecular formula is C28H20ClF3N2O5. The summed E-state index contributed by atoms with van der Waals surface area (Å²) in [7, 11) is 0. The second kappa shape index (κ2) is 10.1. The summed E-state index contributed by atoms with van der Waals surface area (Å²) in [4.78, 5) is 38.6. The number of halogens is 4. The lowest BCUT2D eigenvalue weighted by molar-refractivity contribution is -0.193. The Bertz CT molecular complexity index is 1640. The molecule has 7 nitrogen and oxygen atoms in total. The van der Waals surface area contributed by atoms with Crippen LogP contribution in [-0.4, -0.2) is 18.1 Å². The third kappa shape index (κ3) is 5.33. The Balaban J connectivity index is 1.48. The van der Waals surface area contributed by atoms with Crippen LogP contribution in [0.2, 0.25) is 5.02 Å². The van der Waals surface area contributed by atoms with Crippen molar-refractivity contribution < 1.29 is 31.9 Å². The number of esters is 2. The molecule has 1 N–H and O–H groups in total. The highest BCUT2D eigenvalue weighted by Crippen LogP contribution is 2.34. The zero-order valence-corrected chi connectivity index (χ0v) is 21.1. The highest BCUT2D eigenvalue weighted by atomic mass is 35.5. The van der Waals surface area contributed by atoms with Crippen LogP contribution in [-0.2, 0) is 22.6 Å². The Morgan fingerprint density at radius 2 is 1.67 bits per heavy atom. The Morgan fingerprint density at radius 1 is 1.03 bits per heavy atom. The van der Waals surface area contributed by atoms with Gasteiger partial charge in [0.1, 0.15) is 5.58 Å². The average molecular weight is 557 g/mol. The summed E-state index contributed by atoms with van der Waals surface area (Å²) in [6.07, 6.45) is -5.32. The molecule has 3 aromatic carbocycles. The topological polar surface area (TPSA) is 88.8 Å². The van der Waals surface area contributed by atoms with Gasteiger partial charge in [-0.1, -0.05) is 48.0 Å². The zero-order chi connectivity index (χ0) is 27.9. The number of fused-ring (bicyclic) bond motifs is 2. The van der Waals surface area contributed by atoms with Gasteiger partial charge in [-0.25, -0.2) is 9.59 Å². The van der Waals surface area contributed by atoms with Crippen molar-refractivity contribution in [2.24, 2.45) is 0 Å². The van der Waals surface area contributed by atoms with Crippen LogP contribution in [0.3, 0.4) is 0 Å². The number of nitrogens with zero attached hydrogens (tertiary/aromatic N) is 1. The van der Waals surface area contributed by atoms with Crippen molar-refractivity contribution in [1.82, 2.24) is 0 Å². The van der Waals surface area contributed by atoms with Gasteiger partial charge in [-0.2, -0.15) is 13.2 Å². The van der Waals surface area contributed by atoms with Gasteiger partial charge in [-0.15, -0.1) is 0 Å². The molecule has 1 aromatic heterocycles. The van der Waals surface area contributed by atoms with E-state index in [0.29, 0.717) is 24.5 Å². The van der Waals surface area contributed by atoms with E-state index < -0.39 is 24.2 Å². The minimum absolute atomic E-state index is 0.103. The highest BCUT2D eigenvalue weighted by molar-refractivity contribution is 6.31. The van der Waals surface area contributed by atoms with E-state index in [4.69, 9.17) is 16.0 Å². The van der Waals surface area contributed by atoms with Crippen molar-refractivity contribution in [2.75, 3.05) is 10.2 Å². The SMILES string of the molecule is CC(Nc1ccccc1C(=O)OC(=O)C(F)(F)F)c1cc(Cl)cc2c(=O)cc(N3Cc4ccccc4C3)oc12. The maximum atomic E-state index is 13.1. The summed E-state index contributed by atoms with van der Waals surface area (Å²) in [5, 5.41) is 3.55. The van der Waals surface area contributed by atoms with E-state index in [-0.39, 0.29) is 32.7 Å². The van der Waals surface area contributed by atoms with Gasteiger partial charge in [0.15, 0.2) is 5.43 Å². The summed E-state index contributed by atoms with van der Waals surface area (Å²) in [6.45, 7) is 2.83. The molecule has 0 amide bonds. The number of rotatable bonds is 5. The van der Waals surface area contributed by atoms with Gasteiger partial charge in [0.2, 0.25) is 5.88 Å². The van der Waals surface area contributed by atoms with Crippen molar-refractivity contribution in [2.45, 2.75) is 32.2 Å². The molecule has 4 aromatic rings. The lowest BCUT2D eigenvalue weighted by Crippen LogP contribution is -2.28. The molecule has 5 rings (SSSR count). The maximum Gasteiger partial charge on any atom is 0.491 e. The largest absolute Gasteiger partial charge is 0.491 e. The number of nitrogens with one attached hydrogen (secondary N) is 1. The van der Waals surface area contributed by atoms with Gasteiger partial charge in [0.05, 0.1) is 17.0 Å². The van der Waals surface area contributed by atoms with Crippen LogP contribution < -0.4 is 15.6 Å². The molecule has 39 heavy (non-hydrogen) atoms. The van der Waals surface area contributed by atoms with E-state index in [2.05, 4.69) is 10.1 Å². The second-order valence-corrected chi connectivity index (χ2v) is 9.47. The first-order valence-corrected chi connectivity index (χ1v) is 12.2. The molecule has 200 valence electrons. The number of carbonyl (C=O) groups is 2. The summed E-state index contributed by atoms with van der Waals surface area (Å²) in [6, 6.07) is 17.4. The van der Waals surface area contributed by atoms with Gasteiger partial charge >= 0.3 is 18.1 Å². The third-order valence-electron chi connectivity index (χ3n) is 6.36. The highest BCUT2D eigenvalue weighted by Gasteiger charge is 2.42. The van der Waals surface area contributed by atoms with Crippen LogP contribution in [0.4, 0.5) is 24.7 Å². The van der Waals surface area contributed by atoms with Gasteiger partial charge in [0, 0.05) is 35.4 Å². The van der Waals surface area contributed by atoms with E-state index in [9.17, 15) is 27.6 Å². The Morgan fingerprint density at radius 3 is 2.33 bits per heavy atom. The molecule has 0 radical (unpaired) electrons. The molecule has 1 aliphatic rings. The van der Waals surface area contributed by atoms with Crippen molar-refractivity contribution >= 4 is 46.1 Å². The van der Waals surface area contributed by atoms with E-state index in [1.54, 1.807) is 19.1 Å². The van der Waals surface area contributed by atoms with Crippen LogP contribution in [0.5, 0.6) is 0 Å². The van der Waals surface area contributed by atoms with Crippen LogP contribution in [0.1, 0.15) is 40.0 Å². The van der Waals surface area contributed by atoms with Crippen molar-refractivity contribution in [1.29, 1.82) is 0 Å². The molecule has 11 heteroatoms. The molecule has 1 atom stereocenters. The predicted octanol–water partition coefficient (Wildman–Crippen LogP) is 6.39. The van der Waals surface area contributed by atoms with Gasteiger partial charge < -0.3 is 19.4 Å². The minimum atomic E-state index is -5.32.